The SMILES string of the molecule is CC(=CC(C)(CC(C)(Cc1c(-c2ccc(O)cc2)cc(-c2ccc(O)cc2)c(CC(C)(CC(C)(CC(C)c2ccc(O)cc2)c2ccc(O)cc2)c2ccc(O)cc2)c1-c1ccc(O)cc1)c1ccc(O)cc1)c1ccc(O)cc1)c1ccc(O)cc1. The summed E-state index contributed by atoms with van der Waals surface area (Å²) in [7, 11) is 0. The molecule has 0 fully saturated rings. The van der Waals surface area contributed by atoms with Crippen molar-refractivity contribution >= 4 is 5.57 Å². The number of allylic oxidation sites excluding steroid dienone is 2. The normalized spacial score (nSPS) is 14.9. The second kappa shape index (κ2) is 24.6. The van der Waals surface area contributed by atoms with Crippen LogP contribution in [0.15, 0.2) is 231 Å². The lowest BCUT2D eigenvalue weighted by atomic mass is 9.60. The molecule has 10 aromatic rings. The molecule has 0 aliphatic heterocycles. The molecule has 10 rings (SSSR count). The standard InChI is InChI=1S/C78H76O9/c1-50(52-7-25-61(79)26-8-52)44-75(3,57-17-35-66(84)36-18-57)48-77(5,59-21-39-68(86)40-22-59)46-72-70(54-11-29-63(81)30-12-54)43-71(55-13-31-64(82)32-14-55)73(74(72)56-15-33-65(83)34-16-56)47-78(6,60-23-41-69(87)42-24-60)49-76(4,58-19-37-67(85)38-20-58)45-51(2)53-9-27-62(80)28-10-53/h7-44,51,79-87H,45-49H2,1-6H3. The average Bonchev–Trinajstić information content (AvgIpc) is 0.877. The second-order valence-electron chi connectivity index (χ2n) is 25.0. The van der Waals surface area contributed by atoms with Gasteiger partial charge in [0.25, 0.3) is 0 Å². The van der Waals surface area contributed by atoms with E-state index < -0.39 is 21.7 Å². The summed E-state index contributed by atoms with van der Waals surface area (Å²) in [6, 6.07) is 68.3. The zero-order valence-electron chi connectivity index (χ0n) is 50.1. The Morgan fingerprint density at radius 1 is 0.356 bits per heavy atom. The van der Waals surface area contributed by atoms with Crippen molar-refractivity contribution in [1.82, 2.24) is 0 Å². The summed E-state index contributed by atoms with van der Waals surface area (Å²) in [6.07, 6.45) is 4.77. The van der Waals surface area contributed by atoms with E-state index >= 15 is 0 Å². The van der Waals surface area contributed by atoms with Gasteiger partial charge >= 0.3 is 0 Å². The van der Waals surface area contributed by atoms with Crippen LogP contribution >= 0.6 is 0 Å². The molecule has 87 heavy (non-hydrogen) atoms. The predicted molar refractivity (Wildman–Crippen MR) is 349 cm³/mol. The van der Waals surface area contributed by atoms with Crippen molar-refractivity contribution in [1.29, 1.82) is 0 Å². The monoisotopic (exact) mass is 1160 g/mol. The largest absolute Gasteiger partial charge is 0.508 e. The number of rotatable bonds is 20. The summed E-state index contributed by atoms with van der Waals surface area (Å²) < 4.78 is 0. The first-order chi connectivity index (χ1) is 41.5. The predicted octanol–water partition coefficient (Wildman–Crippen LogP) is 18.0. The van der Waals surface area contributed by atoms with E-state index in [1.807, 2.05) is 109 Å². The van der Waals surface area contributed by atoms with E-state index in [0.29, 0.717) is 32.1 Å². The molecule has 9 heteroatoms. The number of hydrogen-bond acceptors (Lipinski definition) is 9. The number of hydrogen-bond donors (Lipinski definition) is 9. The van der Waals surface area contributed by atoms with Crippen molar-refractivity contribution in [2.75, 3.05) is 0 Å². The maximum absolute atomic E-state index is 11.2. The third-order valence-corrected chi connectivity index (χ3v) is 18.0. The van der Waals surface area contributed by atoms with Crippen molar-refractivity contribution in [3.8, 4) is 85.1 Å². The maximum atomic E-state index is 11.2. The Balaban J connectivity index is 1.29. The third-order valence-electron chi connectivity index (χ3n) is 18.0. The smallest absolute Gasteiger partial charge is 0.115 e. The van der Waals surface area contributed by atoms with Gasteiger partial charge in [-0.25, -0.2) is 0 Å². The molecule has 0 spiro atoms. The van der Waals surface area contributed by atoms with Gasteiger partial charge in [-0.3, -0.25) is 0 Å². The Bertz CT molecular complexity index is 4010. The Morgan fingerprint density at radius 2 is 0.655 bits per heavy atom. The summed E-state index contributed by atoms with van der Waals surface area (Å²) in [4.78, 5) is 0. The van der Waals surface area contributed by atoms with Gasteiger partial charge in [-0.15, -0.1) is 0 Å². The molecular weight excluding hydrogens is 1080 g/mol. The van der Waals surface area contributed by atoms with Crippen molar-refractivity contribution in [3.05, 3.63) is 275 Å². The Labute approximate surface area is 510 Å². The zero-order valence-corrected chi connectivity index (χ0v) is 50.1. The van der Waals surface area contributed by atoms with Crippen LogP contribution in [0.5, 0.6) is 51.7 Å². The van der Waals surface area contributed by atoms with Gasteiger partial charge in [0.15, 0.2) is 0 Å². The van der Waals surface area contributed by atoms with Crippen LogP contribution in [-0.2, 0) is 34.5 Å². The fraction of sp³-hybridized carbons (Fsp3) is 0.205. The van der Waals surface area contributed by atoms with E-state index in [4.69, 9.17) is 0 Å². The third kappa shape index (κ3) is 13.5. The Kier molecular flexibility index (Phi) is 17.1. The summed E-state index contributed by atoms with van der Waals surface area (Å²) in [5, 5.41) is 97.3. The van der Waals surface area contributed by atoms with Gasteiger partial charge in [0.2, 0.25) is 0 Å². The molecule has 0 amide bonds. The first kappa shape index (κ1) is 60.3. The summed E-state index contributed by atoms with van der Waals surface area (Å²) >= 11 is 0. The van der Waals surface area contributed by atoms with Crippen LogP contribution in [0, 0.1) is 0 Å². The highest BCUT2D eigenvalue weighted by atomic mass is 16.3. The van der Waals surface area contributed by atoms with Crippen LogP contribution < -0.4 is 0 Å². The molecule has 0 aromatic heterocycles. The van der Waals surface area contributed by atoms with Crippen LogP contribution in [0.25, 0.3) is 39.0 Å². The molecule has 0 radical (unpaired) electrons. The first-order valence-corrected chi connectivity index (χ1v) is 29.5. The zero-order chi connectivity index (χ0) is 61.8. The quantitative estimate of drug-likeness (QED) is 0.0359. The van der Waals surface area contributed by atoms with Gasteiger partial charge in [0.1, 0.15) is 51.7 Å². The molecule has 9 N–H and O–H groups in total. The molecule has 5 atom stereocenters. The van der Waals surface area contributed by atoms with Crippen molar-refractivity contribution in [3.63, 3.8) is 0 Å². The summed E-state index contributed by atoms with van der Waals surface area (Å²) in [5.74, 6) is 1.17. The number of benzene rings is 10. The fourth-order valence-electron chi connectivity index (χ4n) is 13.7. The van der Waals surface area contributed by atoms with Gasteiger partial charge < -0.3 is 46.0 Å². The lowest BCUT2D eigenvalue weighted by Gasteiger charge is -2.43. The molecule has 0 aliphatic carbocycles. The highest BCUT2D eigenvalue weighted by molar-refractivity contribution is 5.90. The molecule has 9 nitrogen and oxygen atoms in total. The number of phenols is 9. The van der Waals surface area contributed by atoms with E-state index in [-0.39, 0.29) is 57.7 Å². The van der Waals surface area contributed by atoms with E-state index in [2.05, 4.69) is 53.7 Å². The lowest BCUT2D eigenvalue weighted by molar-refractivity contribution is 0.276. The molecule has 442 valence electrons. The van der Waals surface area contributed by atoms with Gasteiger partial charge in [-0.1, -0.05) is 150 Å². The molecule has 10 aromatic carbocycles. The minimum Gasteiger partial charge on any atom is -0.508 e. The topological polar surface area (TPSA) is 182 Å². The van der Waals surface area contributed by atoms with Gasteiger partial charge in [-0.05, 0) is 260 Å². The van der Waals surface area contributed by atoms with Crippen LogP contribution in [0.3, 0.4) is 0 Å². The minimum atomic E-state index is -0.803. The van der Waals surface area contributed by atoms with E-state index in [1.165, 1.54) is 0 Å². The van der Waals surface area contributed by atoms with Crippen LogP contribution in [0.4, 0.5) is 0 Å². The summed E-state index contributed by atoms with van der Waals surface area (Å²) in [5.41, 5.74) is 11.0. The van der Waals surface area contributed by atoms with Crippen LogP contribution in [-0.4, -0.2) is 46.0 Å². The van der Waals surface area contributed by atoms with Gasteiger partial charge in [-0.2, -0.15) is 0 Å². The average molecular weight is 1160 g/mol. The highest BCUT2D eigenvalue weighted by Gasteiger charge is 2.43. The fourth-order valence-corrected chi connectivity index (χ4v) is 13.7. The molecule has 0 bridgehead atoms. The van der Waals surface area contributed by atoms with Gasteiger partial charge in [0.05, 0.1) is 0 Å². The molecular formula is C78H76O9. The minimum absolute atomic E-state index is 0.00865. The number of aromatic hydroxyl groups is 9. The highest BCUT2D eigenvalue weighted by Crippen LogP contribution is 2.53. The molecule has 0 aliphatic rings. The molecule has 0 saturated heterocycles. The second-order valence-corrected chi connectivity index (χ2v) is 25.0. The lowest BCUT2D eigenvalue weighted by Crippen LogP contribution is -2.37. The van der Waals surface area contributed by atoms with E-state index in [1.54, 1.807) is 109 Å². The maximum Gasteiger partial charge on any atom is 0.115 e. The van der Waals surface area contributed by atoms with Crippen LogP contribution in [0.2, 0.25) is 0 Å². The van der Waals surface area contributed by atoms with E-state index in [9.17, 15) is 46.0 Å². The van der Waals surface area contributed by atoms with Crippen molar-refractivity contribution in [2.45, 2.75) is 101 Å². The molecule has 0 heterocycles. The number of phenolic OH excluding ortho intramolecular Hbond substituents is 9. The van der Waals surface area contributed by atoms with E-state index in [0.717, 1.165) is 83.5 Å². The molecule has 5 unspecified atom stereocenters. The Hall–Kier alpha value is -9.86. The van der Waals surface area contributed by atoms with Crippen molar-refractivity contribution in [2.24, 2.45) is 0 Å². The Morgan fingerprint density at radius 3 is 1.03 bits per heavy atom. The molecule has 0 saturated carbocycles. The van der Waals surface area contributed by atoms with Gasteiger partial charge in [0, 0.05) is 5.41 Å². The summed E-state index contributed by atoms with van der Waals surface area (Å²) in [6.45, 7) is 13.3. The van der Waals surface area contributed by atoms with Crippen molar-refractivity contribution < 1.29 is 46.0 Å². The van der Waals surface area contributed by atoms with Crippen LogP contribution in [0.1, 0.15) is 111 Å². The first-order valence-electron chi connectivity index (χ1n) is 29.5.